The Labute approximate surface area is 325 Å². The van der Waals surface area contributed by atoms with Crippen LogP contribution in [0.1, 0.15) is 102 Å². The zero-order chi connectivity index (χ0) is 39.9. The molecule has 14 nitrogen and oxygen atoms in total. The van der Waals surface area contributed by atoms with Crippen LogP contribution in [0.4, 0.5) is 0 Å². The molecule has 56 heavy (non-hydrogen) atoms. The molecule has 0 radical (unpaired) electrons. The Hall–Kier alpha value is -5.79. The minimum atomic E-state index is -0.960. The highest BCUT2D eigenvalue weighted by Gasteiger charge is 2.44. The fourth-order valence-corrected chi connectivity index (χ4v) is 7.75. The molecule has 2 N–H and O–H groups in total. The lowest BCUT2D eigenvalue weighted by Gasteiger charge is -2.27. The number of methoxy groups -OCH3 is 2. The maximum absolute atomic E-state index is 13.1. The summed E-state index contributed by atoms with van der Waals surface area (Å²) < 4.78 is 14.7. The Morgan fingerprint density at radius 1 is 0.839 bits per heavy atom. The molecule has 0 saturated carbocycles. The van der Waals surface area contributed by atoms with Crippen molar-refractivity contribution in [2.45, 2.75) is 89.5 Å². The summed E-state index contributed by atoms with van der Waals surface area (Å²) in [4.78, 5) is 76.2. The van der Waals surface area contributed by atoms with Crippen LogP contribution in [0.15, 0.2) is 47.5 Å². The van der Waals surface area contributed by atoms with Crippen LogP contribution in [-0.2, 0) is 41.3 Å². The fraction of sp³-hybridized carbons (Fsp3) is 0.452. The average molecular weight is 767 g/mol. The molecule has 0 bridgehead atoms. The number of ether oxygens (including phenoxy) is 2. The highest BCUT2D eigenvalue weighted by atomic mass is 16.5. The number of benzene rings is 2. The second-order valence-electron chi connectivity index (χ2n) is 14.6. The van der Waals surface area contributed by atoms with Crippen LogP contribution >= 0.6 is 0 Å². The third kappa shape index (κ3) is 8.53. The Kier molecular flexibility index (Phi) is 12.7. The summed E-state index contributed by atoms with van der Waals surface area (Å²) >= 11 is 0. The third-order valence-electron chi connectivity index (χ3n) is 10.8. The number of fused-ring (bicyclic) bond motifs is 2. The molecule has 1 unspecified atom stereocenters. The molecule has 0 aliphatic carbocycles. The van der Waals surface area contributed by atoms with Gasteiger partial charge >= 0.3 is 0 Å². The van der Waals surface area contributed by atoms with E-state index in [2.05, 4.69) is 15.7 Å². The molecule has 296 valence electrons. The number of aryl methyl sites for hydroxylation is 3. The van der Waals surface area contributed by atoms with Gasteiger partial charge in [0.1, 0.15) is 23.1 Å². The van der Waals surface area contributed by atoms with Crippen LogP contribution in [-0.4, -0.2) is 75.6 Å². The molecule has 2 aliphatic rings. The number of pyridine rings is 1. The number of nitrogens with one attached hydrogen (secondary N) is 2. The molecule has 4 aromatic rings. The molecule has 1 fully saturated rings. The van der Waals surface area contributed by atoms with Crippen molar-refractivity contribution in [1.82, 2.24) is 29.9 Å². The molecule has 2 aromatic carbocycles. The first kappa shape index (κ1) is 39.9. The highest BCUT2D eigenvalue weighted by Crippen LogP contribution is 2.38. The summed E-state index contributed by atoms with van der Waals surface area (Å²) in [6.45, 7) is 0.642. The van der Waals surface area contributed by atoms with Gasteiger partial charge in [-0.1, -0.05) is 38.2 Å². The molecule has 6 rings (SSSR count). The number of rotatable bonds is 18. The van der Waals surface area contributed by atoms with Gasteiger partial charge < -0.3 is 19.4 Å². The van der Waals surface area contributed by atoms with Crippen molar-refractivity contribution in [2.24, 2.45) is 14.1 Å². The lowest BCUT2D eigenvalue weighted by atomic mass is 9.98. The molecule has 1 atom stereocenters. The average Bonchev–Trinajstić information content (AvgIpc) is 3.69. The Balaban J connectivity index is 0.867. The van der Waals surface area contributed by atoms with E-state index < -0.39 is 29.7 Å². The Bertz CT molecular complexity index is 2200. The van der Waals surface area contributed by atoms with Crippen LogP contribution in [0, 0.1) is 0 Å². The van der Waals surface area contributed by atoms with E-state index in [-0.39, 0.29) is 24.3 Å². The van der Waals surface area contributed by atoms with Gasteiger partial charge in [-0.3, -0.25) is 43.7 Å². The Morgan fingerprint density at radius 3 is 2.21 bits per heavy atom. The van der Waals surface area contributed by atoms with Crippen molar-refractivity contribution >= 4 is 40.4 Å². The summed E-state index contributed by atoms with van der Waals surface area (Å²) in [6, 6.07) is 8.22. The van der Waals surface area contributed by atoms with Crippen molar-refractivity contribution in [3.8, 4) is 22.6 Å². The molecule has 2 aromatic heterocycles. The smallest absolute Gasteiger partial charge is 0.276 e. The summed E-state index contributed by atoms with van der Waals surface area (Å²) in [7, 11) is 6.69. The van der Waals surface area contributed by atoms with Gasteiger partial charge in [0.05, 0.1) is 31.5 Å². The van der Waals surface area contributed by atoms with E-state index in [4.69, 9.17) is 9.47 Å². The van der Waals surface area contributed by atoms with Crippen LogP contribution in [0.3, 0.4) is 0 Å². The van der Waals surface area contributed by atoms with Crippen molar-refractivity contribution in [2.75, 3.05) is 20.8 Å². The van der Waals surface area contributed by atoms with Gasteiger partial charge in [-0.2, -0.15) is 5.10 Å². The van der Waals surface area contributed by atoms with Crippen molar-refractivity contribution in [3.63, 3.8) is 0 Å². The van der Waals surface area contributed by atoms with E-state index in [1.165, 1.54) is 0 Å². The van der Waals surface area contributed by atoms with Crippen LogP contribution in [0.5, 0.6) is 11.5 Å². The number of imide groups is 2. The van der Waals surface area contributed by atoms with E-state index in [0.29, 0.717) is 53.9 Å². The predicted octanol–water partition coefficient (Wildman–Crippen LogP) is 4.77. The second kappa shape index (κ2) is 17.8. The lowest BCUT2D eigenvalue weighted by molar-refractivity contribution is -0.136. The van der Waals surface area contributed by atoms with E-state index in [0.717, 1.165) is 83.9 Å². The molecule has 5 amide bonds. The van der Waals surface area contributed by atoms with Gasteiger partial charge in [-0.15, -0.1) is 0 Å². The number of unbranched alkanes of at least 4 members (excludes halogenated alkanes) is 6. The number of piperidine rings is 1. The van der Waals surface area contributed by atoms with Gasteiger partial charge in [0.25, 0.3) is 17.4 Å². The van der Waals surface area contributed by atoms with E-state index >= 15 is 0 Å². The maximum atomic E-state index is 13.1. The SMILES string of the molecule is COc1cc(-c2cn(C)c(=O)c3c2cnn3C)cc(OC)c1CCCC(=O)NCCCCCCCCCc1ccc2c(c1)C(=O)N(C1CCC(=O)NC1=O)C2=O. The summed E-state index contributed by atoms with van der Waals surface area (Å²) in [5.41, 5.74) is 4.56. The van der Waals surface area contributed by atoms with E-state index in [1.807, 2.05) is 18.2 Å². The standard InChI is InChI=1S/C42H50N6O8/c1-46-25-32(31-24-44-47(2)38(31)42(46)54)27-22-34(55-3)29(35(23-27)56-4)14-12-15-36(49)43-20-11-9-7-5-6-8-10-13-26-16-17-28-30(21-26)41(53)48(40(28)52)33-18-19-37(50)45-39(33)51/h16-17,21-25,33H,5-15,18-20H2,1-4H3,(H,43,49)(H,45,50,51). The van der Waals surface area contributed by atoms with Crippen molar-refractivity contribution in [1.29, 1.82) is 0 Å². The van der Waals surface area contributed by atoms with Crippen molar-refractivity contribution < 1.29 is 33.4 Å². The second-order valence-corrected chi connectivity index (χ2v) is 14.6. The normalized spacial score (nSPS) is 15.4. The molecule has 14 heteroatoms. The number of nitrogens with zero attached hydrogens (tertiary/aromatic N) is 4. The quantitative estimate of drug-likeness (QED) is 0.107. The molecular formula is C42H50N6O8. The monoisotopic (exact) mass is 766 g/mol. The number of hydrogen-bond acceptors (Lipinski definition) is 9. The number of amides is 5. The number of aromatic nitrogens is 3. The van der Waals surface area contributed by atoms with Crippen LogP contribution in [0.2, 0.25) is 0 Å². The third-order valence-corrected chi connectivity index (χ3v) is 10.8. The number of carbonyl (C=O) groups is 5. The minimum Gasteiger partial charge on any atom is -0.496 e. The zero-order valence-corrected chi connectivity index (χ0v) is 32.6. The lowest BCUT2D eigenvalue weighted by Crippen LogP contribution is -2.54. The largest absolute Gasteiger partial charge is 0.496 e. The molecule has 1 saturated heterocycles. The van der Waals surface area contributed by atoms with Crippen LogP contribution in [0.25, 0.3) is 22.0 Å². The molecule has 0 spiro atoms. The van der Waals surface area contributed by atoms with Crippen molar-refractivity contribution in [3.05, 3.63) is 75.3 Å². The van der Waals surface area contributed by atoms with E-state index in [1.54, 1.807) is 62.1 Å². The van der Waals surface area contributed by atoms with Gasteiger partial charge in [-0.05, 0) is 73.9 Å². The molecule has 2 aliphatic heterocycles. The first-order chi connectivity index (χ1) is 27.0. The number of hydrogen-bond donors (Lipinski definition) is 2. The van der Waals surface area contributed by atoms with Gasteiger partial charge in [0.15, 0.2) is 0 Å². The number of carbonyl (C=O) groups excluding carboxylic acids is 5. The fourth-order valence-electron chi connectivity index (χ4n) is 7.75. The summed E-state index contributed by atoms with van der Waals surface area (Å²) in [5.74, 6) is -0.637. The highest BCUT2D eigenvalue weighted by molar-refractivity contribution is 6.23. The first-order valence-electron chi connectivity index (χ1n) is 19.4. The van der Waals surface area contributed by atoms with Crippen LogP contribution < -0.4 is 25.7 Å². The summed E-state index contributed by atoms with van der Waals surface area (Å²) in [6.07, 6.45) is 13.4. The topological polar surface area (TPSA) is 171 Å². The van der Waals surface area contributed by atoms with E-state index in [9.17, 15) is 28.8 Å². The molecular weight excluding hydrogens is 716 g/mol. The predicted molar refractivity (Wildman–Crippen MR) is 210 cm³/mol. The first-order valence-corrected chi connectivity index (χ1v) is 19.4. The van der Waals surface area contributed by atoms with Gasteiger partial charge in [0.2, 0.25) is 17.7 Å². The minimum absolute atomic E-state index is 0.0185. The maximum Gasteiger partial charge on any atom is 0.276 e. The molecule has 4 heterocycles. The van der Waals surface area contributed by atoms with Gasteiger partial charge in [-0.25, -0.2) is 0 Å². The summed E-state index contributed by atoms with van der Waals surface area (Å²) in [5, 5.41) is 10.3. The Morgan fingerprint density at radius 2 is 1.52 bits per heavy atom. The zero-order valence-electron chi connectivity index (χ0n) is 32.6. The van der Waals surface area contributed by atoms with Gasteiger partial charge in [0, 0.05) is 56.2 Å².